The Labute approximate surface area is 137 Å². The molecule has 0 unspecified atom stereocenters. The smallest absolute Gasteiger partial charge is 0.0945 e. The van der Waals surface area contributed by atoms with E-state index in [2.05, 4.69) is 37.8 Å². The largest absolute Gasteiger partial charge is 0.387 e. The van der Waals surface area contributed by atoms with Crippen molar-refractivity contribution < 1.29 is 5.11 Å². The molecule has 2 heteroatoms. The van der Waals surface area contributed by atoms with E-state index >= 15 is 0 Å². The summed E-state index contributed by atoms with van der Waals surface area (Å²) in [5, 5.41) is 10.9. The minimum absolute atomic E-state index is 0.250. The first-order valence-electron chi connectivity index (χ1n) is 9.21. The Morgan fingerprint density at radius 1 is 0.864 bits per heavy atom. The molecule has 0 spiro atoms. The number of hydrogen-bond acceptors (Lipinski definition) is 2. The van der Waals surface area contributed by atoms with E-state index in [0.717, 1.165) is 25.1 Å². The molecule has 0 aliphatic carbocycles. The number of aliphatic hydroxyl groups excluding tert-OH is 1. The third-order valence-electron chi connectivity index (χ3n) is 4.43. The topological polar surface area (TPSA) is 23.5 Å². The Morgan fingerprint density at radius 3 is 1.91 bits per heavy atom. The first-order chi connectivity index (χ1) is 10.7. The highest BCUT2D eigenvalue weighted by molar-refractivity contribution is 5.19. The van der Waals surface area contributed by atoms with E-state index in [1.165, 1.54) is 38.5 Å². The lowest BCUT2D eigenvalue weighted by Gasteiger charge is -2.35. The molecule has 0 radical (unpaired) electrons. The van der Waals surface area contributed by atoms with Crippen LogP contribution in [0.1, 0.15) is 77.4 Å². The number of nitrogens with zero attached hydrogens (tertiary/aromatic N) is 1. The fourth-order valence-corrected chi connectivity index (χ4v) is 2.99. The molecule has 0 bridgehead atoms. The van der Waals surface area contributed by atoms with Crippen LogP contribution >= 0.6 is 0 Å². The normalized spacial score (nSPS) is 14.2. The SMILES string of the molecule is CCCC[C@H]([C@@H](O)c1ccccc1)N(CCCC)CCCC. The van der Waals surface area contributed by atoms with E-state index in [0.29, 0.717) is 0 Å². The predicted octanol–water partition coefficient (Wildman–Crippen LogP) is 5.18. The standard InChI is InChI=1S/C20H35NO/c1-4-7-15-19(20(22)18-13-11-10-12-14-18)21(16-8-5-2)17-9-6-3/h10-14,19-20,22H,4-9,15-17H2,1-3H3/t19-,20+/m1/s1. The average molecular weight is 306 g/mol. The number of rotatable bonds is 12. The van der Waals surface area contributed by atoms with Crippen molar-refractivity contribution in [2.45, 2.75) is 77.9 Å². The van der Waals surface area contributed by atoms with Gasteiger partial charge >= 0.3 is 0 Å². The zero-order chi connectivity index (χ0) is 16.2. The molecule has 0 heterocycles. The van der Waals surface area contributed by atoms with Gasteiger partial charge in [-0.2, -0.15) is 0 Å². The minimum Gasteiger partial charge on any atom is -0.387 e. The fraction of sp³-hybridized carbons (Fsp3) is 0.700. The summed E-state index contributed by atoms with van der Waals surface area (Å²) in [5.41, 5.74) is 1.06. The lowest BCUT2D eigenvalue weighted by molar-refractivity contribution is 0.0399. The number of unbranched alkanes of at least 4 members (excludes halogenated alkanes) is 3. The van der Waals surface area contributed by atoms with Gasteiger partial charge in [0, 0.05) is 6.04 Å². The van der Waals surface area contributed by atoms with Crippen LogP contribution in [-0.2, 0) is 0 Å². The summed E-state index contributed by atoms with van der Waals surface area (Å²) in [4.78, 5) is 2.54. The van der Waals surface area contributed by atoms with Crippen LogP contribution in [0.3, 0.4) is 0 Å². The first-order valence-corrected chi connectivity index (χ1v) is 9.21. The van der Waals surface area contributed by atoms with Gasteiger partial charge in [-0.15, -0.1) is 0 Å². The molecular weight excluding hydrogens is 270 g/mol. The van der Waals surface area contributed by atoms with Crippen molar-refractivity contribution >= 4 is 0 Å². The highest BCUT2D eigenvalue weighted by Crippen LogP contribution is 2.26. The van der Waals surface area contributed by atoms with Gasteiger partial charge in [-0.25, -0.2) is 0 Å². The van der Waals surface area contributed by atoms with Gasteiger partial charge < -0.3 is 5.11 Å². The van der Waals surface area contributed by atoms with Gasteiger partial charge in [-0.05, 0) is 37.9 Å². The number of aliphatic hydroxyl groups is 1. The van der Waals surface area contributed by atoms with E-state index in [1.54, 1.807) is 0 Å². The van der Waals surface area contributed by atoms with Gasteiger partial charge in [0.2, 0.25) is 0 Å². The third kappa shape index (κ3) is 6.50. The molecule has 0 fully saturated rings. The van der Waals surface area contributed by atoms with Crippen LogP contribution in [0, 0.1) is 0 Å². The maximum absolute atomic E-state index is 10.9. The van der Waals surface area contributed by atoms with Crippen LogP contribution in [0.5, 0.6) is 0 Å². The Balaban J connectivity index is 2.85. The highest BCUT2D eigenvalue weighted by atomic mass is 16.3. The van der Waals surface area contributed by atoms with Crippen molar-refractivity contribution in [1.29, 1.82) is 0 Å². The maximum Gasteiger partial charge on any atom is 0.0945 e. The number of benzene rings is 1. The zero-order valence-corrected chi connectivity index (χ0v) is 14.8. The third-order valence-corrected chi connectivity index (χ3v) is 4.43. The van der Waals surface area contributed by atoms with Crippen molar-refractivity contribution in [3.05, 3.63) is 35.9 Å². The van der Waals surface area contributed by atoms with Crippen LogP contribution in [-0.4, -0.2) is 29.1 Å². The molecule has 0 aliphatic heterocycles. The Hall–Kier alpha value is -0.860. The summed E-state index contributed by atoms with van der Waals surface area (Å²) >= 11 is 0. The van der Waals surface area contributed by atoms with Gasteiger partial charge in [0.1, 0.15) is 0 Å². The second-order valence-electron chi connectivity index (χ2n) is 6.31. The molecule has 1 aromatic carbocycles. The molecule has 0 saturated heterocycles. The Bertz CT molecular complexity index is 357. The van der Waals surface area contributed by atoms with Crippen LogP contribution in [0.4, 0.5) is 0 Å². The summed E-state index contributed by atoms with van der Waals surface area (Å²) in [6.07, 6.45) is 7.94. The van der Waals surface area contributed by atoms with E-state index < -0.39 is 0 Å². The van der Waals surface area contributed by atoms with E-state index in [4.69, 9.17) is 0 Å². The molecule has 2 atom stereocenters. The summed E-state index contributed by atoms with van der Waals surface area (Å²) in [7, 11) is 0. The van der Waals surface area contributed by atoms with Gasteiger partial charge in [0.25, 0.3) is 0 Å². The second-order valence-corrected chi connectivity index (χ2v) is 6.31. The van der Waals surface area contributed by atoms with Crippen molar-refractivity contribution in [3.63, 3.8) is 0 Å². The molecule has 1 N–H and O–H groups in total. The molecule has 0 aliphatic rings. The van der Waals surface area contributed by atoms with Crippen molar-refractivity contribution in [2.24, 2.45) is 0 Å². The molecule has 22 heavy (non-hydrogen) atoms. The van der Waals surface area contributed by atoms with E-state index in [-0.39, 0.29) is 12.1 Å². The van der Waals surface area contributed by atoms with Crippen molar-refractivity contribution in [1.82, 2.24) is 4.90 Å². The minimum atomic E-state index is -0.374. The summed E-state index contributed by atoms with van der Waals surface area (Å²) in [6.45, 7) is 8.93. The molecule has 0 saturated carbocycles. The van der Waals surface area contributed by atoms with Crippen LogP contribution in [0.2, 0.25) is 0 Å². The molecule has 1 rings (SSSR count). The Morgan fingerprint density at radius 2 is 1.41 bits per heavy atom. The van der Waals surface area contributed by atoms with Crippen LogP contribution < -0.4 is 0 Å². The quantitative estimate of drug-likeness (QED) is 0.575. The lowest BCUT2D eigenvalue weighted by Crippen LogP contribution is -2.41. The Kier molecular flexibility index (Phi) is 10.2. The molecule has 0 aromatic heterocycles. The van der Waals surface area contributed by atoms with Crippen LogP contribution in [0.25, 0.3) is 0 Å². The number of hydrogen-bond donors (Lipinski definition) is 1. The fourth-order valence-electron chi connectivity index (χ4n) is 2.99. The molecule has 1 aromatic rings. The van der Waals surface area contributed by atoms with E-state index in [1.807, 2.05) is 18.2 Å². The second kappa shape index (κ2) is 11.7. The summed E-state index contributed by atoms with van der Waals surface area (Å²) < 4.78 is 0. The summed E-state index contributed by atoms with van der Waals surface area (Å²) in [5.74, 6) is 0. The van der Waals surface area contributed by atoms with Gasteiger partial charge in [-0.1, -0.05) is 76.8 Å². The molecule has 0 amide bonds. The molecule has 2 nitrogen and oxygen atoms in total. The van der Waals surface area contributed by atoms with Gasteiger partial charge in [0.15, 0.2) is 0 Å². The van der Waals surface area contributed by atoms with Gasteiger partial charge in [-0.3, -0.25) is 4.90 Å². The predicted molar refractivity (Wildman–Crippen MR) is 96.1 cm³/mol. The van der Waals surface area contributed by atoms with Crippen molar-refractivity contribution in [2.75, 3.05) is 13.1 Å². The van der Waals surface area contributed by atoms with Gasteiger partial charge in [0.05, 0.1) is 6.10 Å². The molecular formula is C20H35NO. The van der Waals surface area contributed by atoms with E-state index in [9.17, 15) is 5.11 Å². The summed E-state index contributed by atoms with van der Waals surface area (Å²) in [6, 6.07) is 10.4. The molecule has 126 valence electrons. The monoisotopic (exact) mass is 305 g/mol. The highest BCUT2D eigenvalue weighted by Gasteiger charge is 2.26. The maximum atomic E-state index is 10.9. The van der Waals surface area contributed by atoms with Crippen LogP contribution in [0.15, 0.2) is 30.3 Å². The zero-order valence-electron chi connectivity index (χ0n) is 14.8. The van der Waals surface area contributed by atoms with Crippen molar-refractivity contribution in [3.8, 4) is 0 Å². The average Bonchev–Trinajstić information content (AvgIpc) is 2.57. The first kappa shape index (κ1) is 19.2. The lowest BCUT2D eigenvalue weighted by atomic mass is 9.95.